The van der Waals surface area contributed by atoms with Gasteiger partial charge in [-0.3, -0.25) is 0 Å². The van der Waals surface area contributed by atoms with Crippen LogP contribution in [0.3, 0.4) is 0 Å². The SMILES string of the molecule is CCC1=C(C=Cc2sc3ccccc3[n+]2CC)CCCC1=CC=C1Sc2ccccc2N1CC. The van der Waals surface area contributed by atoms with Crippen LogP contribution in [-0.4, -0.2) is 6.54 Å². The number of thioether (sulfide) groups is 1. The van der Waals surface area contributed by atoms with Crippen molar-refractivity contribution >= 4 is 45.1 Å². The van der Waals surface area contributed by atoms with Gasteiger partial charge in [0, 0.05) is 23.6 Å². The first-order chi connectivity index (χ1) is 16.7. The van der Waals surface area contributed by atoms with E-state index in [1.807, 2.05) is 23.1 Å². The van der Waals surface area contributed by atoms with E-state index in [-0.39, 0.29) is 0 Å². The molecule has 0 saturated heterocycles. The standard InChI is InChI=1S/C30H33N2S2/c1-4-24-22(18-20-29-31(5-2)25-14-7-9-16-27(25)33-29)12-11-13-23(24)19-21-30-32(6-3)26-15-8-10-17-28(26)34-30/h7-10,14-21H,4-6,11-13H2,1-3H3/q+1. The minimum atomic E-state index is 0.996. The van der Waals surface area contributed by atoms with Crippen LogP contribution in [0.2, 0.25) is 0 Å². The molecule has 1 aromatic heterocycles. The predicted octanol–water partition coefficient (Wildman–Crippen LogP) is 8.51. The van der Waals surface area contributed by atoms with Gasteiger partial charge in [0.15, 0.2) is 0 Å². The van der Waals surface area contributed by atoms with Crippen molar-refractivity contribution in [1.29, 1.82) is 0 Å². The number of fused-ring (bicyclic) bond motifs is 2. The average Bonchev–Trinajstić information content (AvgIpc) is 3.43. The number of anilines is 1. The summed E-state index contributed by atoms with van der Waals surface area (Å²) in [5, 5.41) is 2.67. The van der Waals surface area contributed by atoms with Crippen molar-refractivity contribution in [3.63, 3.8) is 0 Å². The second kappa shape index (κ2) is 10.4. The molecule has 0 N–H and O–H groups in total. The number of nitrogens with zero attached hydrogens (tertiary/aromatic N) is 2. The molecule has 0 fully saturated rings. The van der Waals surface area contributed by atoms with Crippen molar-refractivity contribution < 1.29 is 4.57 Å². The maximum absolute atomic E-state index is 2.43. The molecule has 1 aliphatic heterocycles. The molecule has 0 amide bonds. The van der Waals surface area contributed by atoms with Gasteiger partial charge in [-0.2, -0.15) is 4.57 Å². The second-order valence-electron chi connectivity index (χ2n) is 8.71. The number of thiazole rings is 1. The molecule has 0 saturated carbocycles. The summed E-state index contributed by atoms with van der Waals surface area (Å²) in [5.41, 5.74) is 7.23. The summed E-state index contributed by atoms with van der Waals surface area (Å²) in [6, 6.07) is 17.5. The fourth-order valence-corrected chi connectivity index (χ4v) is 7.41. The molecule has 5 rings (SSSR count). The number of hydrogen-bond donors (Lipinski definition) is 0. The Labute approximate surface area is 212 Å². The summed E-state index contributed by atoms with van der Waals surface area (Å²) in [7, 11) is 0. The number of benzene rings is 2. The van der Waals surface area contributed by atoms with Gasteiger partial charge in [0.1, 0.15) is 11.2 Å². The third-order valence-corrected chi connectivity index (χ3v) is 9.04. The summed E-state index contributed by atoms with van der Waals surface area (Å²) in [5.74, 6) is 0. The number of para-hydroxylation sites is 2. The highest BCUT2D eigenvalue weighted by molar-refractivity contribution is 8.03. The van der Waals surface area contributed by atoms with Gasteiger partial charge >= 0.3 is 0 Å². The Morgan fingerprint density at radius 3 is 2.59 bits per heavy atom. The molecule has 1 aliphatic carbocycles. The molecule has 0 bridgehead atoms. The van der Waals surface area contributed by atoms with Gasteiger partial charge in [-0.05, 0) is 80.5 Å². The monoisotopic (exact) mass is 485 g/mol. The summed E-state index contributed by atoms with van der Waals surface area (Å²) in [6.45, 7) is 8.77. The Morgan fingerprint density at radius 1 is 0.941 bits per heavy atom. The van der Waals surface area contributed by atoms with E-state index in [9.17, 15) is 0 Å². The van der Waals surface area contributed by atoms with E-state index < -0.39 is 0 Å². The van der Waals surface area contributed by atoms with Crippen LogP contribution in [0.1, 0.15) is 51.5 Å². The van der Waals surface area contributed by atoms with Crippen LogP contribution in [0.25, 0.3) is 16.3 Å². The van der Waals surface area contributed by atoms with Crippen molar-refractivity contribution in [3.8, 4) is 0 Å². The number of hydrogen-bond acceptors (Lipinski definition) is 3. The van der Waals surface area contributed by atoms with Crippen LogP contribution >= 0.6 is 23.1 Å². The highest BCUT2D eigenvalue weighted by atomic mass is 32.2. The number of aromatic nitrogens is 1. The maximum atomic E-state index is 2.43. The van der Waals surface area contributed by atoms with E-state index in [2.05, 4.69) is 103 Å². The highest BCUT2D eigenvalue weighted by Gasteiger charge is 2.23. The fraction of sp³-hybridized carbons (Fsp3) is 0.300. The topological polar surface area (TPSA) is 7.12 Å². The van der Waals surface area contributed by atoms with Crippen molar-refractivity contribution in [2.75, 3.05) is 11.4 Å². The predicted molar refractivity (Wildman–Crippen MR) is 149 cm³/mol. The lowest BCUT2D eigenvalue weighted by atomic mass is 9.85. The Hall–Kier alpha value is -2.56. The van der Waals surface area contributed by atoms with Crippen molar-refractivity contribution in [1.82, 2.24) is 0 Å². The van der Waals surface area contributed by atoms with Crippen LogP contribution in [-0.2, 0) is 6.54 Å². The first-order valence-electron chi connectivity index (χ1n) is 12.5. The van der Waals surface area contributed by atoms with Gasteiger partial charge in [-0.1, -0.05) is 66.4 Å². The molecule has 2 nitrogen and oxygen atoms in total. The molecule has 2 aliphatic rings. The molecule has 3 aromatic rings. The molecule has 34 heavy (non-hydrogen) atoms. The summed E-state index contributed by atoms with van der Waals surface area (Å²) in [6.07, 6.45) is 14.1. The maximum Gasteiger partial charge on any atom is 0.262 e. The lowest BCUT2D eigenvalue weighted by molar-refractivity contribution is -0.665. The number of aryl methyl sites for hydroxylation is 1. The van der Waals surface area contributed by atoms with Gasteiger partial charge in [-0.15, -0.1) is 0 Å². The molecule has 2 heterocycles. The van der Waals surface area contributed by atoms with Crippen LogP contribution in [0.4, 0.5) is 5.69 Å². The van der Waals surface area contributed by atoms with E-state index in [0.717, 1.165) is 19.5 Å². The zero-order valence-electron chi connectivity index (χ0n) is 20.4. The van der Waals surface area contributed by atoms with Gasteiger partial charge in [0.25, 0.3) is 5.01 Å². The minimum absolute atomic E-state index is 0.996. The largest absolute Gasteiger partial charge is 0.335 e. The minimum Gasteiger partial charge on any atom is -0.335 e. The molecule has 4 heteroatoms. The van der Waals surface area contributed by atoms with Gasteiger partial charge in [0.05, 0.1) is 10.7 Å². The zero-order valence-corrected chi connectivity index (χ0v) is 22.0. The van der Waals surface area contributed by atoms with Crippen molar-refractivity contribution in [3.05, 3.63) is 93.5 Å². The summed E-state index contributed by atoms with van der Waals surface area (Å²) in [4.78, 5) is 3.79. The molecular weight excluding hydrogens is 452 g/mol. The Balaban J connectivity index is 1.45. The molecule has 0 spiro atoms. The van der Waals surface area contributed by atoms with Gasteiger partial charge < -0.3 is 4.90 Å². The van der Waals surface area contributed by atoms with Gasteiger partial charge in [0.2, 0.25) is 5.52 Å². The van der Waals surface area contributed by atoms with Crippen molar-refractivity contribution in [2.45, 2.75) is 57.9 Å². The van der Waals surface area contributed by atoms with Crippen LogP contribution < -0.4 is 9.47 Å². The molecule has 2 aromatic carbocycles. The molecule has 174 valence electrons. The highest BCUT2D eigenvalue weighted by Crippen LogP contribution is 2.45. The van der Waals surface area contributed by atoms with Crippen molar-refractivity contribution in [2.24, 2.45) is 0 Å². The number of rotatable bonds is 6. The van der Waals surface area contributed by atoms with E-state index in [4.69, 9.17) is 0 Å². The zero-order chi connectivity index (χ0) is 23.5. The number of allylic oxidation sites excluding steroid dienone is 6. The third kappa shape index (κ3) is 4.42. The van der Waals surface area contributed by atoms with E-state index in [0.29, 0.717) is 0 Å². The van der Waals surface area contributed by atoms with Crippen LogP contribution in [0, 0.1) is 0 Å². The summed E-state index contributed by atoms with van der Waals surface area (Å²) >= 11 is 3.78. The third-order valence-electron chi connectivity index (χ3n) is 6.78. The first-order valence-corrected chi connectivity index (χ1v) is 14.1. The lowest BCUT2D eigenvalue weighted by Crippen LogP contribution is -2.33. The van der Waals surface area contributed by atoms with Crippen LogP contribution in [0.15, 0.2) is 93.4 Å². The normalized spacial score (nSPS) is 18.7. The summed E-state index contributed by atoms with van der Waals surface area (Å²) < 4.78 is 3.79. The Kier molecular flexibility index (Phi) is 7.07. The fourth-order valence-electron chi connectivity index (χ4n) is 5.15. The van der Waals surface area contributed by atoms with E-state index >= 15 is 0 Å². The Bertz CT molecular complexity index is 1320. The smallest absolute Gasteiger partial charge is 0.262 e. The molecule has 0 radical (unpaired) electrons. The molecular formula is C30H33N2S2+. The second-order valence-corrected chi connectivity index (χ2v) is 10.8. The quantitative estimate of drug-likeness (QED) is 0.323. The molecule has 0 atom stereocenters. The Morgan fingerprint density at radius 2 is 1.76 bits per heavy atom. The van der Waals surface area contributed by atoms with E-state index in [1.165, 1.54) is 66.8 Å². The van der Waals surface area contributed by atoms with Gasteiger partial charge in [-0.25, -0.2) is 0 Å². The molecule has 0 unspecified atom stereocenters. The average molecular weight is 486 g/mol. The first kappa shape index (κ1) is 23.2. The lowest BCUT2D eigenvalue weighted by Gasteiger charge is -2.21. The van der Waals surface area contributed by atoms with Crippen LogP contribution in [0.5, 0.6) is 0 Å². The van der Waals surface area contributed by atoms with E-state index in [1.54, 1.807) is 0 Å².